The van der Waals surface area contributed by atoms with Crippen molar-refractivity contribution in [3.63, 3.8) is 0 Å². The molecule has 0 saturated carbocycles. The summed E-state index contributed by atoms with van der Waals surface area (Å²) in [7, 11) is 0. The molecule has 0 amide bonds. The SMILES string of the molecule is CCNC(=NCc1ccccc1OC(F)(F)F)NCCCOCC1CCCO1.I. The minimum Gasteiger partial charge on any atom is -0.405 e. The highest BCUT2D eigenvalue weighted by Gasteiger charge is 2.31. The molecule has 0 aromatic heterocycles. The topological polar surface area (TPSA) is 64.1 Å². The van der Waals surface area contributed by atoms with Crippen molar-refractivity contribution < 1.29 is 27.4 Å². The Morgan fingerprint density at radius 1 is 1.28 bits per heavy atom. The summed E-state index contributed by atoms with van der Waals surface area (Å²) in [5.41, 5.74) is 0.358. The Kier molecular flexibility index (Phi) is 12.3. The van der Waals surface area contributed by atoms with Gasteiger partial charge in [0.25, 0.3) is 0 Å². The first-order chi connectivity index (χ1) is 13.5. The van der Waals surface area contributed by atoms with Gasteiger partial charge in [-0.2, -0.15) is 0 Å². The van der Waals surface area contributed by atoms with Crippen molar-refractivity contribution in [3.8, 4) is 5.75 Å². The molecule has 0 bridgehead atoms. The van der Waals surface area contributed by atoms with Crippen LogP contribution in [0.1, 0.15) is 31.7 Å². The molecule has 10 heteroatoms. The number of nitrogens with zero attached hydrogens (tertiary/aromatic N) is 1. The zero-order chi connectivity index (χ0) is 20.2. The Morgan fingerprint density at radius 3 is 2.76 bits per heavy atom. The lowest BCUT2D eigenvalue weighted by Crippen LogP contribution is -2.38. The van der Waals surface area contributed by atoms with Gasteiger partial charge in [0.15, 0.2) is 5.96 Å². The Balaban J connectivity index is 0.00000420. The fourth-order valence-corrected chi connectivity index (χ4v) is 2.74. The number of para-hydroxylation sites is 1. The number of aliphatic imine (C=N–C) groups is 1. The zero-order valence-electron chi connectivity index (χ0n) is 16.5. The van der Waals surface area contributed by atoms with E-state index in [1.165, 1.54) is 12.1 Å². The van der Waals surface area contributed by atoms with Gasteiger partial charge in [-0.3, -0.25) is 0 Å². The molecule has 1 heterocycles. The minimum absolute atomic E-state index is 0. The standard InChI is InChI=1S/C19H28F3N3O3.HI/c1-2-23-18(24-10-6-11-26-14-16-8-5-12-27-16)25-13-15-7-3-4-9-17(15)28-19(20,21)22;/h3-4,7,9,16H,2,5-6,8,10-14H2,1H3,(H2,23,24,25);1H. The lowest BCUT2D eigenvalue weighted by Gasteiger charge is -2.14. The molecule has 1 saturated heterocycles. The van der Waals surface area contributed by atoms with E-state index in [0.717, 1.165) is 25.9 Å². The van der Waals surface area contributed by atoms with Gasteiger partial charge < -0.3 is 24.8 Å². The van der Waals surface area contributed by atoms with Crippen LogP contribution in [0.2, 0.25) is 0 Å². The average Bonchev–Trinajstić information content (AvgIpc) is 3.15. The van der Waals surface area contributed by atoms with Crippen molar-refractivity contribution in [1.82, 2.24) is 10.6 Å². The van der Waals surface area contributed by atoms with Crippen LogP contribution in [0.25, 0.3) is 0 Å². The second-order valence-electron chi connectivity index (χ2n) is 6.34. The van der Waals surface area contributed by atoms with Crippen molar-refractivity contribution in [2.24, 2.45) is 4.99 Å². The van der Waals surface area contributed by atoms with Gasteiger partial charge >= 0.3 is 6.36 Å². The molecule has 0 radical (unpaired) electrons. The highest BCUT2D eigenvalue weighted by atomic mass is 127. The summed E-state index contributed by atoms with van der Waals surface area (Å²) in [6.45, 7) is 5.30. The zero-order valence-corrected chi connectivity index (χ0v) is 18.8. The van der Waals surface area contributed by atoms with Gasteiger partial charge in [0.05, 0.1) is 19.3 Å². The Morgan fingerprint density at radius 2 is 2.07 bits per heavy atom. The maximum Gasteiger partial charge on any atom is 0.573 e. The number of hydrogen-bond acceptors (Lipinski definition) is 4. The lowest BCUT2D eigenvalue weighted by atomic mass is 10.2. The predicted octanol–water partition coefficient (Wildman–Crippen LogP) is 3.84. The highest BCUT2D eigenvalue weighted by Crippen LogP contribution is 2.26. The van der Waals surface area contributed by atoms with E-state index in [1.807, 2.05) is 6.92 Å². The van der Waals surface area contributed by atoms with Crippen LogP contribution in [0.5, 0.6) is 5.75 Å². The molecule has 1 aromatic rings. The fourth-order valence-electron chi connectivity index (χ4n) is 2.74. The first kappa shape index (κ1) is 25.8. The third-order valence-corrected chi connectivity index (χ3v) is 4.04. The van der Waals surface area contributed by atoms with Crippen molar-refractivity contribution in [1.29, 1.82) is 0 Å². The molecule has 1 atom stereocenters. The third kappa shape index (κ3) is 10.9. The number of benzene rings is 1. The normalized spacial score (nSPS) is 17.0. The number of rotatable bonds is 10. The first-order valence-electron chi connectivity index (χ1n) is 9.53. The molecule has 2 rings (SSSR count). The summed E-state index contributed by atoms with van der Waals surface area (Å²) >= 11 is 0. The Bertz CT molecular complexity index is 612. The maximum atomic E-state index is 12.5. The number of alkyl halides is 3. The highest BCUT2D eigenvalue weighted by molar-refractivity contribution is 14.0. The second kappa shape index (κ2) is 13.9. The van der Waals surface area contributed by atoms with Gasteiger partial charge in [-0.1, -0.05) is 18.2 Å². The molecular weight excluding hydrogens is 502 g/mol. The third-order valence-electron chi connectivity index (χ3n) is 4.04. The lowest BCUT2D eigenvalue weighted by molar-refractivity contribution is -0.274. The van der Waals surface area contributed by atoms with Crippen LogP contribution in [0.3, 0.4) is 0 Å². The van der Waals surface area contributed by atoms with Crippen molar-refractivity contribution >= 4 is 29.9 Å². The average molecular weight is 531 g/mol. The van der Waals surface area contributed by atoms with E-state index >= 15 is 0 Å². The van der Waals surface area contributed by atoms with Crippen LogP contribution in [-0.2, 0) is 16.0 Å². The van der Waals surface area contributed by atoms with Gasteiger partial charge in [0, 0.05) is 31.9 Å². The Hall–Kier alpha value is -1.27. The summed E-state index contributed by atoms with van der Waals surface area (Å²) in [6.07, 6.45) is -1.59. The molecule has 1 aliphatic rings. The first-order valence-corrected chi connectivity index (χ1v) is 9.53. The second-order valence-corrected chi connectivity index (χ2v) is 6.34. The van der Waals surface area contributed by atoms with E-state index in [0.29, 0.717) is 37.8 Å². The van der Waals surface area contributed by atoms with Gasteiger partial charge in [-0.25, -0.2) is 4.99 Å². The molecule has 1 aromatic carbocycles. The van der Waals surface area contributed by atoms with Crippen LogP contribution in [0, 0.1) is 0 Å². The largest absolute Gasteiger partial charge is 0.573 e. The van der Waals surface area contributed by atoms with Crippen molar-refractivity contribution in [2.75, 3.05) is 32.9 Å². The molecule has 166 valence electrons. The summed E-state index contributed by atoms with van der Waals surface area (Å²) in [4.78, 5) is 4.34. The van der Waals surface area contributed by atoms with Crippen LogP contribution < -0.4 is 15.4 Å². The van der Waals surface area contributed by atoms with Gasteiger partial charge in [0.1, 0.15) is 5.75 Å². The molecule has 0 aliphatic carbocycles. The Labute approximate surface area is 186 Å². The van der Waals surface area contributed by atoms with Crippen molar-refractivity contribution in [2.45, 2.75) is 45.2 Å². The quantitative estimate of drug-likeness (QED) is 0.208. The predicted molar refractivity (Wildman–Crippen MR) is 116 cm³/mol. The fraction of sp³-hybridized carbons (Fsp3) is 0.632. The van der Waals surface area contributed by atoms with Crippen LogP contribution >= 0.6 is 24.0 Å². The molecule has 2 N–H and O–H groups in total. The van der Waals surface area contributed by atoms with Gasteiger partial charge in [-0.15, -0.1) is 37.1 Å². The number of nitrogens with one attached hydrogen (secondary N) is 2. The van der Waals surface area contributed by atoms with E-state index in [-0.39, 0.29) is 42.4 Å². The number of hydrogen-bond donors (Lipinski definition) is 2. The number of halogens is 4. The molecule has 29 heavy (non-hydrogen) atoms. The van der Waals surface area contributed by atoms with E-state index in [1.54, 1.807) is 12.1 Å². The summed E-state index contributed by atoms with van der Waals surface area (Å²) in [5.74, 6) is 0.292. The number of ether oxygens (including phenoxy) is 3. The van der Waals surface area contributed by atoms with E-state index in [2.05, 4.69) is 20.4 Å². The van der Waals surface area contributed by atoms with Crippen LogP contribution in [0.15, 0.2) is 29.3 Å². The number of guanidine groups is 1. The van der Waals surface area contributed by atoms with E-state index in [9.17, 15) is 13.2 Å². The summed E-state index contributed by atoms with van der Waals surface area (Å²) in [5, 5.41) is 6.22. The van der Waals surface area contributed by atoms with E-state index in [4.69, 9.17) is 9.47 Å². The minimum atomic E-state index is -4.73. The van der Waals surface area contributed by atoms with Crippen LogP contribution in [0.4, 0.5) is 13.2 Å². The van der Waals surface area contributed by atoms with Gasteiger partial charge in [0.2, 0.25) is 0 Å². The summed E-state index contributed by atoms with van der Waals surface area (Å²) in [6, 6.07) is 5.99. The molecule has 1 unspecified atom stereocenters. The van der Waals surface area contributed by atoms with E-state index < -0.39 is 6.36 Å². The molecule has 1 aliphatic heterocycles. The van der Waals surface area contributed by atoms with Crippen LogP contribution in [-0.4, -0.2) is 51.3 Å². The molecular formula is C19H29F3IN3O3. The summed E-state index contributed by atoms with van der Waals surface area (Å²) < 4.78 is 52.7. The monoisotopic (exact) mass is 531 g/mol. The smallest absolute Gasteiger partial charge is 0.405 e. The maximum absolute atomic E-state index is 12.5. The van der Waals surface area contributed by atoms with Gasteiger partial charge in [-0.05, 0) is 32.3 Å². The molecule has 0 spiro atoms. The molecule has 6 nitrogen and oxygen atoms in total. The molecule has 1 fully saturated rings. The van der Waals surface area contributed by atoms with Crippen molar-refractivity contribution in [3.05, 3.63) is 29.8 Å².